The molecule has 2 saturated carbocycles. The molecule has 4 aliphatic carbocycles. The van der Waals surface area contributed by atoms with E-state index in [2.05, 4.69) is 0 Å². The summed E-state index contributed by atoms with van der Waals surface area (Å²) >= 11 is 12.1. The first-order valence-corrected chi connectivity index (χ1v) is 12.5. The van der Waals surface area contributed by atoms with Gasteiger partial charge in [-0.3, -0.25) is 29.3 Å². The summed E-state index contributed by atoms with van der Waals surface area (Å²) in [5, 5.41) is 13.0. The molecule has 0 N–H and O–H groups in total. The average molecular weight is 540 g/mol. The molecule has 3 fully saturated rings. The Morgan fingerprint density at radius 1 is 0.919 bits per heavy atom. The Balaban J connectivity index is 1.35. The van der Waals surface area contributed by atoms with Gasteiger partial charge in [0.25, 0.3) is 23.4 Å². The number of hydrogen-bond acceptors (Lipinski definition) is 6. The van der Waals surface area contributed by atoms with Gasteiger partial charge in [-0.1, -0.05) is 35.4 Å². The molecular formula is C26H19Cl2N3O6. The summed E-state index contributed by atoms with van der Waals surface area (Å²) in [5.41, 5.74) is -0.0573. The van der Waals surface area contributed by atoms with Crippen LogP contribution in [0.1, 0.15) is 27.1 Å². The van der Waals surface area contributed by atoms with Gasteiger partial charge >= 0.3 is 0 Å². The zero-order valence-corrected chi connectivity index (χ0v) is 20.6. The van der Waals surface area contributed by atoms with Crippen LogP contribution in [0.15, 0.2) is 54.6 Å². The van der Waals surface area contributed by atoms with Crippen molar-refractivity contribution in [1.82, 2.24) is 10.0 Å². The molecule has 2 aromatic carbocycles. The van der Waals surface area contributed by atoms with Crippen molar-refractivity contribution in [3.63, 3.8) is 0 Å². The van der Waals surface area contributed by atoms with Crippen molar-refractivity contribution in [1.29, 1.82) is 0 Å². The minimum atomic E-state index is -0.764. The largest absolute Gasteiger partial charge is 0.292 e. The van der Waals surface area contributed by atoms with Crippen molar-refractivity contribution in [3.8, 4) is 0 Å². The van der Waals surface area contributed by atoms with E-state index >= 15 is 0 Å². The first-order chi connectivity index (χ1) is 17.7. The number of nitrogens with zero attached hydrogens (tertiary/aromatic N) is 3. The number of allylic oxidation sites excluding steroid dienone is 2. The highest BCUT2D eigenvalue weighted by Gasteiger charge is 2.68. The molecule has 0 unspecified atom stereocenters. The Hall–Kier alpha value is -3.56. The van der Waals surface area contributed by atoms with Crippen LogP contribution in [-0.2, 0) is 9.59 Å². The van der Waals surface area contributed by atoms with E-state index in [1.54, 1.807) is 0 Å². The molecule has 7 rings (SSSR count). The van der Waals surface area contributed by atoms with Crippen LogP contribution in [0.2, 0.25) is 10.0 Å². The lowest BCUT2D eigenvalue weighted by molar-refractivity contribution is -0.384. The number of carbonyl (C=O) groups excluding carboxylic acids is 4. The van der Waals surface area contributed by atoms with Gasteiger partial charge in [0.15, 0.2) is 5.78 Å². The van der Waals surface area contributed by atoms with Crippen LogP contribution in [0.4, 0.5) is 5.69 Å². The van der Waals surface area contributed by atoms with Gasteiger partial charge < -0.3 is 0 Å². The molecule has 3 amide bonds. The summed E-state index contributed by atoms with van der Waals surface area (Å²) in [4.78, 5) is 64.6. The molecule has 188 valence electrons. The maximum absolute atomic E-state index is 13.7. The predicted molar refractivity (Wildman–Crippen MR) is 131 cm³/mol. The molecule has 1 aliphatic heterocycles. The number of hydrogen-bond donors (Lipinski definition) is 0. The van der Waals surface area contributed by atoms with E-state index < -0.39 is 46.8 Å². The van der Waals surface area contributed by atoms with E-state index in [1.165, 1.54) is 42.5 Å². The number of carbonyl (C=O) groups is 4. The number of benzene rings is 2. The number of halogens is 2. The van der Waals surface area contributed by atoms with Gasteiger partial charge in [-0.2, -0.15) is 5.01 Å². The normalized spacial score (nSPS) is 28.6. The van der Waals surface area contributed by atoms with Gasteiger partial charge in [0.1, 0.15) is 6.54 Å². The molecule has 0 radical (unpaired) electrons. The molecule has 2 aromatic rings. The van der Waals surface area contributed by atoms with Crippen molar-refractivity contribution in [2.24, 2.45) is 35.5 Å². The quantitative estimate of drug-likeness (QED) is 0.178. The van der Waals surface area contributed by atoms with Gasteiger partial charge in [0.2, 0.25) is 0 Å². The van der Waals surface area contributed by atoms with Crippen LogP contribution < -0.4 is 0 Å². The van der Waals surface area contributed by atoms with E-state index in [0.29, 0.717) is 11.8 Å². The number of rotatable bonds is 6. The van der Waals surface area contributed by atoms with E-state index in [0.717, 1.165) is 16.4 Å². The second kappa shape index (κ2) is 8.49. The minimum Gasteiger partial charge on any atom is -0.292 e. The van der Waals surface area contributed by atoms with E-state index in [9.17, 15) is 29.3 Å². The first-order valence-electron chi connectivity index (χ1n) is 11.8. The second-order valence-electron chi connectivity index (χ2n) is 9.86. The van der Waals surface area contributed by atoms with Crippen LogP contribution in [0.5, 0.6) is 0 Å². The maximum Gasteiger partial charge on any atom is 0.273 e. The Morgan fingerprint density at radius 2 is 1.49 bits per heavy atom. The fourth-order valence-electron chi connectivity index (χ4n) is 6.19. The fraction of sp³-hybridized carbons (Fsp3) is 0.308. The molecule has 1 saturated heterocycles. The topological polar surface area (TPSA) is 118 Å². The average Bonchev–Trinajstić information content (AvgIpc) is 3.67. The molecule has 0 spiro atoms. The summed E-state index contributed by atoms with van der Waals surface area (Å²) in [6.07, 6.45) is 5.02. The standard InChI is InChI=1S/C26H19Cl2N3O6/c27-19-8-3-13(9-20(19)28)24(33)29(11-21(32)12-1-4-14(5-2-12)31(36)37)30-25(34)22-15-6-7-16(18-10-17(15)18)23(22)26(30)35/h1-9,15-18,22-23H,10-11H2/t15-,16-,17-,18+,22+,23+/m0/s1. The first kappa shape index (κ1) is 23.8. The second-order valence-corrected chi connectivity index (χ2v) is 10.7. The Labute approximate surface area is 220 Å². The van der Waals surface area contributed by atoms with Gasteiger partial charge in [-0.15, -0.1) is 0 Å². The number of non-ortho nitro benzene ring substituents is 1. The lowest BCUT2D eigenvalue weighted by atomic mass is 9.63. The number of ketones is 1. The van der Waals surface area contributed by atoms with Gasteiger partial charge in [0.05, 0.1) is 26.8 Å². The number of nitro groups is 1. The van der Waals surface area contributed by atoms with Gasteiger partial charge in [0, 0.05) is 23.3 Å². The minimum absolute atomic E-state index is 0.0466. The van der Waals surface area contributed by atoms with Crippen molar-refractivity contribution in [2.45, 2.75) is 6.42 Å². The zero-order chi connectivity index (χ0) is 26.2. The fourth-order valence-corrected chi connectivity index (χ4v) is 6.49. The smallest absolute Gasteiger partial charge is 0.273 e. The molecular weight excluding hydrogens is 521 g/mol. The predicted octanol–water partition coefficient (Wildman–Crippen LogP) is 4.19. The van der Waals surface area contributed by atoms with E-state index in [1.807, 2.05) is 12.2 Å². The summed E-state index contributed by atoms with van der Waals surface area (Å²) < 4.78 is 0. The third-order valence-corrected chi connectivity index (χ3v) is 8.71. The van der Waals surface area contributed by atoms with Crippen molar-refractivity contribution in [3.05, 3.63) is 85.9 Å². The zero-order valence-electron chi connectivity index (χ0n) is 19.1. The summed E-state index contributed by atoms with van der Waals surface area (Å²) in [5.74, 6) is -2.86. The summed E-state index contributed by atoms with van der Waals surface area (Å²) in [7, 11) is 0. The molecule has 37 heavy (non-hydrogen) atoms. The molecule has 6 atom stereocenters. The Bertz CT molecular complexity index is 1390. The molecule has 0 aromatic heterocycles. The number of nitro benzene ring substituents is 1. The van der Waals surface area contributed by atoms with Crippen molar-refractivity contribution < 1.29 is 24.1 Å². The summed E-state index contributed by atoms with van der Waals surface area (Å²) in [6.45, 7) is -0.622. The molecule has 9 nitrogen and oxygen atoms in total. The number of Topliss-reactive ketones (excluding diaryl/α,β-unsaturated/α-hetero) is 1. The van der Waals surface area contributed by atoms with Crippen LogP contribution in [0.3, 0.4) is 0 Å². The SMILES string of the molecule is O=C(CN(C(=O)c1ccc(Cl)c(Cl)c1)N1C(=O)[C@@H]2[C@H]3C=C[C@@H]([C@@H]4C[C@H]34)[C@H]2C1=O)c1ccc([N+](=O)[O-])cc1. The Kier molecular flexibility index (Phi) is 5.47. The maximum atomic E-state index is 13.7. The number of amides is 3. The number of hydrazine groups is 1. The molecule has 11 heteroatoms. The van der Waals surface area contributed by atoms with Gasteiger partial charge in [-0.25, -0.2) is 5.01 Å². The van der Waals surface area contributed by atoms with Crippen molar-refractivity contribution in [2.75, 3.05) is 6.54 Å². The monoisotopic (exact) mass is 539 g/mol. The Morgan fingerprint density at radius 3 is 2.03 bits per heavy atom. The van der Waals surface area contributed by atoms with E-state index in [-0.39, 0.29) is 38.7 Å². The molecule has 1 heterocycles. The molecule has 5 aliphatic rings. The van der Waals surface area contributed by atoms with E-state index in [4.69, 9.17) is 23.2 Å². The van der Waals surface area contributed by atoms with Crippen LogP contribution in [0, 0.1) is 45.6 Å². The highest BCUT2D eigenvalue weighted by atomic mass is 35.5. The van der Waals surface area contributed by atoms with Crippen molar-refractivity contribution >= 4 is 52.4 Å². The third-order valence-electron chi connectivity index (χ3n) is 7.98. The lowest BCUT2D eigenvalue weighted by Gasteiger charge is -2.37. The van der Waals surface area contributed by atoms with Crippen LogP contribution in [0.25, 0.3) is 0 Å². The third kappa shape index (κ3) is 3.67. The van der Waals surface area contributed by atoms with Crippen LogP contribution >= 0.6 is 23.2 Å². The van der Waals surface area contributed by atoms with Crippen LogP contribution in [-0.4, -0.2) is 45.0 Å². The number of imide groups is 1. The van der Waals surface area contributed by atoms with Gasteiger partial charge in [-0.05, 0) is 60.4 Å². The lowest BCUT2D eigenvalue weighted by Crippen LogP contribution is -2.52. The molecule has 2 bridgehead atoms. The highest BCUT2D eigenvalue weighted by molar-refractivity contribution is 6.42. The summed E-state index contributed by atoms with van der Waals surface area (Å²) in [6, 6.07) is 9.02. The highest BCUT2D eigenvalue weighted by Crippen LogP contribution is 2.65.